The van der Waals surface area contributed by atoms with Gasteiger partial charge in [-0.3, -0.25) is 4.90 Å². The van der Waals surface area contributed by atoms with Gasteiger partial charge in [-0.15, -0.1) is 0 Å². The maximum absolute atomic E-state index is 6.44. The van der Waals surface area contributed by atoms with Gasteiger partial charge in [-0.05, 0) is 69.7 Å². The van der Waals surface area contributed by atoms with Crippen molar-refractivity contribution in [1.29, 1.82) is 0 Å². The van der Waals surface area contributed by atoms with E-state index in [0.29, 0.717) is 36.4 Å². The minimum absolute atomic E-state index is 0.0786. The second-order valence-corrected chi connectivity index (χ2v) is 11.1. The molecular formula is C27H35N5O3. The molecule has 6 heterocycles. The molecule has 5 aliphatic heterocycles. The first-order valence-electron chi connectivity index (χ1n) is 13.3. The zero-order valence-electron chi connectivity index (χ0n) is 20.3. The van der Waals surface area contributed by atoms with Gasteiger partial charge in [-0.25, -0.2) is 9.97 Å². The second-order valence-electron chi connectivity index (χ2n) is 11.1. The van der Waals surface area contributed by atoms with Crippen molar-refractivity contribution in [2.45, 2.75) is 62.2 Å². The lowest BCUT2D eigenvalue weighted by Crippen LogP contribution is -2.52. The Kier molecular flexibility index (Phi) is 5.37. The van der Waals surface area contributed by atoms with Gasteiger partial charge in [0, 0.05) is 24.2 Å². The number of likely N-dealkylation sites (tertiary alicyclic amines) is 1. The Balaban J connectivity index is 1.09. The van der Waals surface area contributed by atoms with E-state index in [0.717, 1.165) is 68.5 Å². The van der Waals surface area contributed by atoms with Gasteiger partial charge in [-0.2, -0.15) is 0 Å². The molecule has 0 amide bonds. The summed E-state index contributed by atoms with van der Waals surface area (Å²) in [5.74, 6) is 2.40. The van der Waals surface area contributed by atoms with Gasteiger partial charge in [0.25, 0.3) is 0 Å². The first kappa shape index (κ1) is 21.8. The molecule has 8 heteroatoms. The number of rotatable bonds is 6. The monoisotopic (exact) mass is 477 g/mol. The van der Waals surface area contributed by atoms with Gasteiger partial charge < -0.3 is 24.8 Å². The van der Waals surface area contributed by atoms with Crippen LogP contribution >= 0.6 is 0 Å². The van der Waals surface area contributed by atoms with Crippen LogP contribution in [-0.4, -0.2) is 72.1 Å². The zero-order chi connectivity index (χ0) is 23.4. The van der Waals surface area contributed by atoms with Crippen LogP contribution < -0.4 is 15.4 Å². The maximum Gasteiger partial charge on any atom is 0.151 e. The molecule has 4 fully saturated rings. The molecule has 1 atom stereocenters. The van der Waals surface area contributed by atoms with E-state index in [1.807, 2.05) is 6.07 Å². The molecule has 1 aromatic carbocycles. The molecule has 8 nitrogen and oxygen atoms in total. The average molecular weight is 478 g/mol. The molecule has 2 bridgehead atoms. The number of benzene rings is 1. The Morgan fingerprint density at radius 2 is 1.91 bits per heavy atom. The smallest absolute Gasteiger partial charge is 0.151 e. The van der Waals surface area contributed by atoms with Crippen LogP contribution in [0, 0.1) is 5.92 Å². The summed E-state index contributed by atoms with van der Waals surface area (Å²) in [7, 11) is 0. The third kappa shape index (κ3) is 3.86. The number of anilines is 3. The predicted molar refractivity (Wildman–Crippen MR) is 133 cm³/mol. The highest BCUT2D eigenvalue weighted by atomic mass is 16.6. The molecule has 7 rings (SSSR count). The lowest BCUT2D eigenvalue weighted by Gasteiger charge is -2.42. The fourth-order valence-corrected chi connectivity index (χ4v) is 6.90. The van der Waals surface area contributed by atoms with Crippen LogP contribution in [0.3, 0.4) is 0 Å². The number of nitrogen functional groups attached to an aromatic ring is 1. The molecule has 1 aromatic heterocycles. The molecule has 5 aliphatic rings. The van der Waals surface area contributed by atoms with E-state index < -0.39 is 0 Å². The Bertz CT molecular complexity index is 1080. The third-order valence-corrected chi connectivity index (χ3v) is 9.05. The van der Waals surface area contributed by atoms with Crippen molar-refractivity contribution < 1.29 is 14.2 Å². The second kappa shape index (κ2) is 8.61. The van der Waals surface area contributed by atoms with E-state index >= 15 is 0 Å². The van der Waals surface area contributed by atoms with Crippen molar-refractivity contribution in [3.05, 3.63) is 36.3 Å². The maximum atomic E-state index is 6.44. The van der Waals surface area contributed by atoms with Gasteiger partial charge in [0.15, 0.2) is 5.82 Å². The van der Waals surface area contributed by atoms with Crippen LogP contribution in [-0.2, 0) is 9.47 Å². The lowest BCUT2D eigenvalue weighted by molar-refractivity contribution is -0.0745. The van der Waals surface area contributed by atoms with Crippen LogP contribution in [0.5, 0.6) is 5.75 Å². The molecule has 1 unspecified atom stereocenters. The molecule has 186 valence electrons. The number of piperidine rings is 1. The Hall–Kier alpha value is -2.42. The highest BCUT2D eigenvalue weighted by Gasteiger charge is 2.47. The molecule has 2 aromatic rings. The molecule has 35 heavy (non-hydrogen) atoms. The van der Waals surface area contributed by atoms with Crippen LogP contribution in [0.25, 0.3) is 0 Å². The highest BCUT2D eigenvalue weighted by Crippen LogP contribution is 2.48. The van der Waals surface area contributed by atoms with Crippen molar-refractivity contribution in [3.8, 4) is 5.75 Å². The standard InChI is InChI=1S/C27H35N5O3/c28-26-25-24(29-17-30-26)23(18-6-10-31(11-7-18)20-14-33-15-20)13-32(25)19-2-1-3-22(12-19)34-16-27-8-4-21(35-27)5-9-27/h1-3,12,17-18,20-21,23H,4-11,13-16H2,(H2,28,29,30). The van der Waals surface area contributed by atoms with E-state index in [4.69, 9.17) is 24.9 Å². The summed E-state index contributed by atoms with van der Waals surface area (Å²) >= 11 is 0. The summed E-state index contributed by atoms with van der Waals surface area (Å²) < 4.78 is 17.9. The molecule has 0 aliphatic carbocycles. The lowest BCUT2D eigenvalue weighted by atomic mass is 9.82. The normalized spacial score (nSPS) is 31.0. The minimum Gasteiger partial charge on any atom is -0.491 e. The Labute approximate surface area is 206 Å². The molecule has 4 saturated heterocycles. The third-order valence-electron chi connectivity index (χ3n) is 9.05. The van der Waals surface area contributed by atoms with E-state index in [1.165, 1.54) is 25.7 Å². The van der Waals surface area contributed by atoms with Crippen LogP contribution in [0.4, 0.5) is 17.2 Å². The minimum atomic E-state index is -0.0786. The quantitative estimate of drug-likeness (QED) is 0.677. The number of hydrogen-bond donors (Lipinski definition) is 1. The van der Waals surface area contributed by atoms with E-state index in [1.54, 1.807) is 6.33 Å². The van der Waals surface area contributed by atoms with Gasteiger partial charge in [0.05, 0.1) is 31.1 Å². The van der Waals surface area contributed by atoms with Crippen LogP contribution in [0.15, 0.2) is 30.6 Å². The number of hydrogen-bond acceptors (Lipinski definition) is 8. The van der Waals surface area contributed by atoms with Gasteiger partial charge in [0.2, 0.25) is 0 Å². The number of nitrogens with two attached hydrogens (primary N) is 1. The van der Waals surface area contributed by atoms with Crippen molar-refractivity contribution in [3.63, 3.8) is 0 Å². The average Bonchev–Trinajstić information content (AvgIpc) is 3.57. The SMILES string of the molecule is Nc1ncnc2c1N(c1cccc(OCC34CCC(CC3)O4)c1)CC2C1CCN(C2COC2)CC1. The topological polar surface area (TPSA) is 86.0 Å². The van der Waals surface area contributed by atoms with E-state index in [-0.39, 0.29) is 5.60 Å². The summed E-state index contributed by atoms with van der Waals surface area (Å²) in [5.41, 5.74) is 9.52. The molecule has 0 spiro atoms. The molecule has 0 saturated carbocycles. The summed E-state index contributed by atoms with van der Waals surface area (Å²) in [5, 5.41) is 0. The summed E-state index contributed by atoms with van der Waals surface area (Å²) in [6.07, 6.45) is 9.00. The molecule has 2 N–H and O–H groups in total. The van der Waals surface area contributed by atoms with E-state index in [9.17, 15) is 0 Å². The zero-order valence-corrected chi connectivity index (χ0v) is 20.3. The van der Waals surface area contributed by atoms with Crippen molar-refractivity contribution in [1.82, 2.24) is 14.9 Å². The Morgan fingerprint density at radius 1 is 1.09 bits per heavy atom. The van der Waals surface area contributed by atoms with Crippen LogP contribution in [0.1, 0.15) is 50.1 Å². The first-order valence-corrected chi connectivity index (χ1v) is 13.3. The number of aromatic nitrogens is 2. The van der Waals surface area contributed by atoms with Gasteiger partial charge in [0.1, 0.15) is 30.0 Å². The Morgan fingerprint density at radius 3 is 2.63 bits per heavy atom. The fraction of sp³-hybridized carbons (Fsp3) is 0.630. The van der Waals surface area contributed by atoms with Crippen molar-refractivity contribution in [2.75, 3.05) is 50.1 Å². The van der Waals surface area contributed by atoms with E-state index in [2.05, 4.69) is 33.0 Å². The molecular weight excluding hydrogens is 442 g/mol. The first-order chi connectivity index (χ1) is 17.2. The van der Waals surface area contributed by atoms with Crippen molar-refractivity contribution in [2.24, 2.45) is 5.92 Å². The number of ether oxygens (including phenoxy) is 3. The number of nitrogens with zero attached hydrogens (tertiary/aromatic N) is 4. The van der Waals surface area contributed by atoms with Gasteiger partial charge >= 0.3 is 0 Å². The fourth-order valence-electron chi connectivity index (χ4n) is 6.90. The summed E-state index contributed by atoms with van der Waals surface area (Å²) in [6, 6.07) is 9.01. The molecule has 0 radical (unpaired) electrons. The van der Waals surface area contributed by atoms with Crippen molar-refractivity contribution >= 4 is 17.2 Å². The number of fused-ring (bicyclic) bond motifs is 3. The van der Waals surface area contributed by atoms with Crippen LogP contribution in [0.2, 0.25) is 0 Å². The predicted octanol–water partition coefficient (Wildman–Crippen LogP) is 3.50. The highest BCUT2D eigenvalue weighted by molar-refractivity contribution is 5.78. The van der Waals surface area contributed by atoms with Gasteiger partial charge in [-0.1, -0.05) is 6.07 Å². The summed E-state index contributed by atoms with van der Waals surface area (Å²) in [6.45, 7) is 5.56. The largest absolute Gasteiger partial charge is 0.491 e. The summed E-state index contributed by atoms with van der Waals surface area (Å²) in [4.78, 5) is 14.0.